The molecule has 0 spiro atoms. The molecule has 17 heavy (non-hydrogen) atoms. The van der Waals surface area contributed by atoms with Crippen molar-refractivity contribution < 1.29 is 0 Å². The highest BCUT2D eigenvalue weighted by molar-refractivity contribution is 7.18. The number of nitrogens with zero attached hydrogens (tertiary/aromatic N) is 2. The number of hydrogen-bond acceptors (Lipinski definition) is 5. The van der Waals surface area contributed by atoms with E-state index in [9.17, 15) is 0 Å². The van der Waals surface area contributed by atoms with Crippen molar-refractivity contribution >= 4 is 33.3 Å². The molecular formula is C12H16N4S. The number of aryl methyl sites for hydroxylation is 1. The van der Waals surface area contributed by atoms with Gasteiger partial charge in [-0.2, -0.15) is 4.98 Å². The van der Waals surface area contributed by atoms with Gasteiger partial charge in [0.05, 0.1) is 5.39 Å². The van der Waals surface area contributed by atoms with E-state index in [-0.39, 0.29) is 5.54 Å². The summed E-state index contributed by atoms with van der Waals surface area (Å²) in [4.78, 5) is 10.9. The molecule has 0 unspecified atom stereocenters. The van der Waals surface area contributed by atoms with Gasteiger partial charge in [0.15, 0.2) is 0 Å². The maximum absolute atomic E-state index is 5.76. The quantitative estimate of drug-likeness (QED) is 0.876. The Morgan fingerprint density at radius 2 is 2.24 bits per heavy atom. The Bertz CT molecular complexity index is 571. The van der Waals surface area contributed by atoms with Gasteiger partial charge in [0, 0.05) is 10.4 Å². The van der Waals surface area contributed by atoms with Crippen LogP contribution >= 0.6 is 11.3 Å². The molecule has 0 aliphatic heterocycles. The molecule has 0 saturated heterocycles. The van der Waals surface area contributed by atoms with Crippen LogP contribution in [0.15, 0.2) is 6.07 Å². The molecule has 0 radical (unpaired) electrons. The fraction of sp³-hybridized carbons (Fsp3) is 0.500. The van der Waals surface area contributed by atoms with Crippen LogP contribution in [-0.2, 0) is 6.42 Å². The molecule has 3 N–H and O–H groups in total. The van der Waals surface area contributed by atoms with Gasteiger partial charge in [-0.25, -0.2) is 4.98 Å². The minimum absolute atomic E-state index is 0.210. The highest BCUT2D eigenvalue weighted by Gasteiger charge is 2.38. The molecule has 1 fully saturated rings. The number of aromatic nitrogens is 2. The van der Waals surface area contributed by atoms with Crippen LogP contribution < -0.4 is 11.1 Å². The SMILES string of the molecule is CCc1cc2c(NC3(C)CC3)nc(N)nc2s1. The van der Waals surface area contributed by atoms with Gasteiger partial charge < -0.3 is 11.1 Å². The van der Waals surface area contributed by atoms with E-state index in [0.29, 0.717) is 5.95 Å². The predicted octanol–water partition coefficient (Wildman–Crippen LogP) is 2.80. The average molecular weight is 248 g/mol. The fourth-order valence-electron chi connectivity index (χ4n) is 1.86. The Morgan fingerprint density at radius 1 is 1.47 bits per heavy atom. The maximum atomic E-state index is 5.76. The van der Waals surface area contributed by atoms with Crippen LogP contribution in [0.4, 0.5) is 11.8 Å². The molecule has 5 heteroatoms. The second-order valence-electron chi connectivity index (χ2n) is 4.90. The topological polar surface area (TPSA) is 63.8 Å². The van der Waals surface area contributed by atoms with Gasteiger partial charge in [0.2, 0.25) is 5.95 Å². The van der Waals surface area contributed by atoms with E-state index >= 15 is 0 Å². The summed E-state index contributed by atoms with van der Waals surface area (Å²) in [7, 11) is 0. The first-order chi connectivity index (χ1) is 8.09. The molecule has 90 valence electrons. The van der Waals surface area contributed by atoms with Crippen LogP contribution in [0.3, 0.4) is 0 Å². The smallest absolute Gasteiger partial charge is 0.223 e. The normalized spacial score (nSPS) is 17.3. The van der Waals surface area contributed by atoms with Crippen molar-refractivity contribution in [3.63, 3.8) is 0 Å². The number of hydrogen-bond donors (Lipinski definition) is 2. The van der Waals surface area contributed by atoms with Crippen LogP contribution in [-0.4, -0.2) is 15.5 Å². The number of fused-ring (bicyclic) bond motifs is 1. The maximum Gasteiger partial charge on any atom is 0.223 e. The van der Waals surface area contributed by atoms with Gasteiger partial charge in [-0.1, -0.05) is 6.92 Å². The van der Waals surface area contributed by atoms with Crippen molar-refractivity contribution in [3.05, 3.63) is 10.9 Å². The first-order valence-electron chi connectivity index (χ1n) is 5.94. The second kappa shape index (κ2) is 3.57. The molecule has 2 aromatic rings. The molecule has 2 aromatic heterocycles. The number of nitrogen functional groups attached to an aromatic ring is 1. The summed E-state index contributed by atoms with van der Waals surface area (Å²) in [5.41, 5.74) is 5.97. The summed E-state index contributed by atoms with van der Waals surface area (Å²) in [6, 6.07) is 2.17. The summed E-state index contributed by atoms with van der Waals surface area (Å²) in [6.07, 6.45) is 3.42. The molecule has 3 rings (SSSR count). The van der Waals surface area contributed by atoms with Crippen molar-refractivity contribution in [2.45, 2.75) is 38.6 Å². The molecule has 1 aliphatic rings. The van der Waals surface area contributed by atoms with Gasteiger partial charge in [-0.05, 0) is 32.3 Å². The molecule has 0 amide bonds. The number of nitrogens with one attached hydrogen (secondary N) is 1. The summed E-state index contributed by atoms with van der Waals surface area (Å²) >= 11 is 1.70. The van der Waals surface area contributed by atoms with Crippen molar-refractivity contribution in [1.29, 1.82) is 0 Å². The van der Waals surface area contributed by atoms with Crippen molar-refractivity contribution in [1.82, 2.24) is 9.97 Å². The first kappa shape index (κ1) is 10.8. The average Bonchev–Trinajstić information content (AvgIpc) is 2.85. The predicted molar refractivity (Wildman–Crippen MR) is 72.5 cm³/mol. The van der Waals surface area contributed by atoms with Crippen molar-refractivity contribution in [2.24, 2.45) is 0 Å². The molecule has 1 saturated carbocycles. The number of anilines is 2. The largest absolute Gasteiger partial charge is 0.368 e. The van der Waals surface area contributed by atoms with E-state index in [2.05, 4.69) is 35.2 Å². The third-order valence-electron chi connectivity index (χ3n) is 3.23. The molecule has 2 heterocycles. The van der Waals surface area contributed by atoms with Gasteiger partial charge in [0.1, 0.15) is 10.6 Å². The third-order valence-corrected chi connectivity index (χ3v) is 4.40. The highest BCUT2D eigenvalue weighted by atomic mass is 32.1. The Hall–Kier alpha value is -1.36. The lowest BCUT2D eigenvalue weighted by Gasteiger charge is -2.13. The van der Waals surface area contributed by atoms with Crippen molar-refractivity contribution in [3.8, 4) is 0 Å². The molecule has 0 bridgehead atoms. The molecule has 1 aliphatic carbocycles. The summed E-state index contributed by atoms with van der Waals surface area (Å²) in [5.74, 6) is 1.25. The van der Waals surface area contributed by atoms with Gasteiger partial charge in [-0.15, -0.1) is 11.3 Å². The number of thiophene rings is 1. The van der Waals surface area contributed by atoms with Gasteiger partial charge >= 0.3 is 0 Å². The third kappa shape index (κ3) is 1.95. The standard InChI is InChI=1S/C12H16N4S/c1-3-7-6-8-9(16-12(2)4-5-12)14-11(13)15-10(8)17-7/h6H,3-5H2,1-2H3,(H3,13,14,15,16). The van der Waals surface area contributed by atoms with E-state index in [1.165, 1.54) is 17.7 Å². The lowest BCUT2D eigenvalue weighted by Crippen LogP contribution is -2.17. The fourth-order valence-corrected chi connectivity index (χ4v) is 2.83. The monoisotopic (exact) mass is 248 g/mol. The van der Waals surface area contributed by atoms with Crippen molar-refractivity contribution in [2.75, 3.05) is 11.1 Å². The van der Waals surface area contributed by atoms with Crippen LogP contribution in [0.5, 0.6) is 0 Å². The summed E-state index contributed by atoms with van der Waals surface area (Å²) in [5, 5.41) is 4.59. The second-order valence-corrected chi connectivity index (χ2v) is 6.02. The molecule has 4 nitrogen and oxygen atoms in total. The van der Waals surface area contributed by atoms with E-state index in [4.69, 9.17) is 5.73 Å². The van der Waals surface area contributed by atoms with Crippen LogP contribution in [0.2, 0.25) is 0 Å². The van der Waals surface area contributed by atoms with E-state index in [0.717, 1.165) is 22.5 Å². The number of nitrogens with two attached hydrogens (primary N) is 1. The Labute approximate surface area is 104 Å². The lowest BCUT2D eigenvalue weighted by molar-refractivity contribution is 0.823. The Balaban J connectivity index is 2.10. The van der Waals surface area contributed by atoms with Crippen LogP contribution in [0.1, 0.15) is 31.6 Å². The summed E-state index contributed by atoms with van der Waals surface area (Å²) in [6.45, 7) is 4.36. The number of rotatable bonds is 3. The van der Waals surface area contributed by atoms with Gasteiger partial charge in [0.25, 0.3) is 0 Å². The zero-order valence-electron chi connectivity index (χ0n) is 10.1. The zero-order valence-corrected chi connectivity index (χ0v) is 10.9. The first-order valence-corrected chi connectivity index (χ1v) is 6.75. The van der Waals surface area contributed by atoms with E-state index < -0.39 is 0 Å². The zero-order chi connectivity index (χ0) is 12.0. The minimum atomic E-state index is 0.210. The summed E-state index contributed by atoms with van der Waals surface area (Å²) < 4.78 is 0. The van der Waals surface area contributed by atoms with Gasteiger partial charge in [-0.3, -0.25) is 0 Å². The Morgan fingerprint density at radius 3 is 2.88 bits per heavy atom. The highest BCUT2D eigenvalue weighted by Crippen LogP contribution is 2.40. The minimum Gasteiger partial charge on any atom is -0.368 e. The molecular weight excluding hydrogens is 232 g/mol. The van der Waals surface area contributed by atoms with E-state index in [1.807, 2.05) is 0 Å². The van der Waals surface area contributed by atoms with E-state index in [1.54, 1.807) is 11.3 Å². The molecule has 0 atom stereocenters. The van der Waals surface area contributed by atoms with Crippen LogP contribution in [0, 0.1) is 0 Å². The Kier molecular flexibility index (Phi) is 2.26. The molecule has 0 aromatic carbocycles. The van der Waals surface area contributed by atoms with Crippen LogP contribution in [0.25, 0.3) is 10.2 Å². The lowest BCUT2D eigenvalue weighted by atomic mass is 10.2.